The minimum absolute atomic E-state index is 0.205. The summed E-state index contributed by atoms with van der Waals surface area (Å²) in [5.74, 6) is -0.492. The fourth-order valence-electron chi connectivity index (χ4n) is 1.27. The number of esters is 1. The molecule has 1 aromatic heterocycles. The van der Waals surface area contributed by atoms with Gasteiger partial charge in [0, 0.05) is 6.42 Å². The van der Waals surface area contributed by atoms with Crippen LogP contribution in [0, 0.1) is 10.1 Å². The zero-order valence-corrected chi connectivity index (χ0v) is 8.96. The quantitative estimate of drug-likeness (QED) is 0.413. The van der Waals surface area contributed by atoms with E-state index in [1.807, 2.05) is 0 Å². The number of carbonyl (C=O) groups excluding carboxylic acids is 1. The van der Waals surface area contributed by atoms with Crippen molar-refractivity contribution in [3.05, 3.63) is 22.5 Å². The van der Waals surface area contributed by atoms with Crippen molar-refractivity contribution in [2.75, 3.05) is 6.61 Å². The van der Waals surface area contributed by atoms with Crippen LogP contribution in [0.25, 0.3) is 0 Å². The van der Waals surface area contributed by atoms with E-state index in [1.165, 1.54) is 17.0 Å². The van der Waals surface area contributed by atoms with Gasteiger partial charge < -0.3 is 14.9 Å². The smallest absolute Gasteiger partial charge is 0.434 e. The van der Waals surface area contributed by atoms with E-state index in [4.69, 9.17) is 4.74 Å². The molecule has 0 amide bonds. The third-order valence-electron chi connectivity index (χ3n) is 1.94. The molecule has 0 spiro atoms. The summed E-state index contributed by atoms with van der Waals surface area (Å²) in [7, 11) is 0. The molecule has 0 bridgehead atoms. The molecule has 0 aromatic carbocycles. The van der Waals surface area contributed by atoms with Crippen molar-refractivity contribution in [3.8, 4) is 0 Å². The first-order valence-corrected chi connectivity index (χ1v) is 4.96. The number of hydrogen-bond acceptors (Lipinski definition) is 5. The Hall–Kier alpha value is -1.92. The lowest BCUT2D eigenvalue weighted by molar-refractivity contribution is -0.396. The van der Waals surface area contributed by atoms with E-state index in [-0.39, 0.29) is 18.3 Å². The van der Waals surface area contributed by atoms with Gasteiger partial charge in [0.15, 0.2) is 0 Å². The third kappa shape index (κ3) is 3.34. The van der Waals surface area contributed by atoms with Gasteiger partial charge in [0.25, 0.3) is 0 Å². The number of hydrogen-bond donors (Lipinski definition) is 0. The Labute approximate surface area is 92.2 Å². The van der Waals surface area contributed by atoms with Crippen LogP contribution in [0.15, 0.2) is 12.4 Å². The first-order chi connectivity index (χ1) is 7.65. The maximum atomic E-state index is 11.0. The molecule has 0 N–H and O–H groups in total. The second-order valence-corrected chi connectivity index (χ2v) is 3.09. The SMILES string of the molecule is CCOC(=O)CCCn1ccnc1[N+](=O)[O-]. The molecule has 1 rings (SSSR count). The van der Waals surface area contributed by atoms with Crippen molar-refractivity contribution in [3.63, 3.8) is 0 Å². The molecule has 7 nitrogen and oxygen atoms in total. The van der Waals surface area contributed by atoms with Crippen LogP contribution in [-0.4, -0.2) is 27.1 Å². The lowest BCUT2D eigenvalue weighted by atomic mass is 10.3. The highest BCUT2D eigenvalue weighted by atomic mass is 16.6. The molecule has 0 fully saturated rings. The first-order valence-electron chi connectivity index (χ1n) is 4.96. The highest BCUT2D eigenvalue weighted by Gasteiger charge is 2.13. The van der Waals surface area contributed by atoms with Crippen LogP contribution in [0.4, 0.5) is 5.95 Å². The van der Waals surface area contributed by atoms with Crippen LogP contribution < -0.4 is 0 Å². The topological polar surface area (TPSA) is 87.3 Å². The molecule has 0 aliphatic heterocycles. The summed E-state index contributed by atoms with van der Waals surface area (Å²) in [6, 6.07) is 0. The average Bonchev–Trinajstić information content (AvgIpc) is 2.66. The van der Waals surface area contributed by atoms with Gasteiger partial charge in [-0.3, -0.25) is 4.79 Å². The summed E-state index contributed by atoms with van der Waals surface area (Å²) >= 11 is 0. The molecule has 1 heterocycles. The van der Waals surface area contributed by atoms with Crippen LogP contribution in [-0.2, 0) is 16.1 Å². The summed E-state index contributed by atoms with van der Waals surface area (Å²) in [5.41, 5.74) is 0. The van der Waals surface area contributed by atoms with Crippen molar-refractivity contribution in [2.24, 2.45) is 0 Å². The molecule has 7 heteroatoms. The standard InChI is InChI=1S/C9H13N3O4/c1-2-16-8(13)4-3-6-11-7-5-10-9(11)12(14)15/h5,7H,2-4,6H2,1H3. The summed E-state index contributed by atoms with van der Waals surface area (Å²) < 4.78 is 6.14. The number of rotatable bonds is 6. The van der Waals surface area contributed by atoms with E-state index in [0.29, 0.717) is 19.6 Å². The van der Waals surface area contributed by atoms with Crippen LogP contribution in [0.2, 0.25) is 0 Å². The fraction of sp³-hybridized carbons (Fsp3) is 0.556. The van der Waals surface area contributed by atoms with Gasteiger partial charge in [-0.1, -0.05) is 4.98 Å². The van der Waals surface area contributed by atoms with Gasteiger partial charge in [-0.15, -0.1) is 0 Å². The van der Waals surface area contributed by atoms with Crippen molar-refractivity contribution >= 4 is 11.9 Å². The van der Waals surface area contributed by atoms with E-state index in [9.17, 15) is 14.9 Å². The maximum absolute atomic E-state index is 11.0. The van der Waals surface area contributed by atoms with Crippen LogP contribution in [0.1, 0.15) is 19.8 Å². The molecular formula is C9H13N3O4. The summed E-state index contributed by atoms with van der Waals surface area (Å²) in [5, 5.41) is 10.5. The Morgan fingerprint density at radius 3 is 3.06 bits per heavy atom. The lowest BCUT2D eigenvalue weighted by Crippen LogP contribution is -2.07. The molecule has 0 radical (unpaired) electrons. The second kappa shape index (κ2) is 5.84. The maximum Gasteiger partial charge on any atom is 0.434 e. The molecule has 1 aromatic rings. The lowest BCUT2D eigenvalue weighted by Gasteiger charge is -2.02. The monoisotopic (exact) mass is 227 g/mol. The summed E-state index contributed by atoms with van der Waals surface area (Å²) in [6.45, 7) is 2.47. The van der Waals surface area contributed by atoms with E-state index in [2.05, 4.69) is 4.98 Å². The van der Waals surface area contributed by atoms with Crippen LogP contribution in [0.3, 0.4) is 0 Å². The van der Waals surface area contributed by atoms with Crippen molar-refractivity contribution < 1.29 is 14.5 Å². The molecule has 0 saturated heterocycles. The van der Waals surface area contributed by atoms with Gasteiger partial charge in [-0.25, -0.2) is 4.57 Å². The van der Waals surface area contributed by atoms with E-state index < -0.39 is 4.92 Å². The highest BCUT2D eigenvalue weighted by Crippen LogP contribution is 2.09. The first kappa shape index (κ1) is 12.2. The Morgan fingerprint density at radius 1 is 1.69 bits per heavy atom. The zero-order chi connectivity index (χ0) is 12.0. The van der Waals surface area contributed by atoms with Crippen molar-refractivity contribution in [1.29, 1.82) is 0 Å². The van der Waals surface area contributed by atoms with E-state index in [1.54, 1.807) is 6.92 Å². The number of imidazole rings is 1. The van der Waals surface area contributed by atoms with Crippen molar-refractivity contribution in [1.82, 2.24) is 9.55 Å². The van der Waals surface area contributed by atoms with Gasteiger partial charge in [0.1, 0.15) is 12.4 Å². The Bertz CT molecular complexity index is 375. The number of aromatic nitrogens is 2. The minimum atomic E-state index is -0.551. The average molecular weight is 227 g/mol. The number of ether oxygens (including phenoxy) is 1. The molecule has 16 heavy (non-hydrogen) atoms. The zero-order valence-electron chi connectivity index (χ0n) is 8.96. The van der Waals surface area contributed by atoms with E-state index in [0.717, 1.165) is 0 Å². The molecule has 0 saturated carbocycles. The Balaban J connectivity index is 2.40. The molecule has 0 atom stereocenters. The minimum Gasteiger partial charge on any atom is -0.466 e. The Kier molecular flexibility index (Phi) is 4.43. The molecule has 0 aliphatic carbocycles. The molecule has 0 aliphatic rings. The predicted molar refractivity (Wildman–Crippen MR) is 54.7 cm³/mol. The van der Waals surface area contributed by atoms with E-state index >= 15 is 0 Å². The summed E-state index contributed by atoms with van der Waals surface area (Å²) in [4.78, 5) is 24.6. The van der Waals surface area contributed by atoms with Crippen molar-refractivity contribution in [2.45, 2.75) is 26.3 Å². The van der Waals surface area contributed by atoms with Gasteiger partial charge in [-0.05, 0) is 18.3 Å². The van der Waals surface area contributed by atoms with Gasteiger partial charge in [0.2, 0.25) is 0 Å². The van der Waals surface area contributed by atoms with Gasteiger partial charge >= 0.3 is 11.9 Å². The Morgan fingerprint density at radius 2 is 2.44 bits per heavy atom. The predicted octanol–water partition coefficient (Wildman–Crippen LogP) is 1.13. The van der Waals surface area contributed by atoms with Crippen LogP contribution in [0.5, 0.6) is 0 Å². The van der Waals surface area contributed by atoms with Gasteiger partial charge in [0.05, 0.1) is 13.2 Å². The normalized spacial score (nSPS) is 10.1. The number of nitrogens with zero attached hydrogens (tertiary/aromatic N) is 3. The second-order valence-electron chi connectivity index (χ2n) is 3.09. The molecule has 0 unspecified atom stereocenters. The number of carbonyl (C=O) groups is 1. The largest absolute Gasteiger partial charge is 0.466 e. The molecular weight excluding hydrogens is 214 g/mol. The number of nitro groups is 1. The highest BCUT2D eigenvalue weighted by molar-refractivity contribution is 5.69. The third-order valence-corrected chi connectivity index (χ3v) is 1.94. The van der Waals surface area contributed by atoms with Crippen LogP contribution >= 0.6 is 0 Å². The molecule has 88 valence electrons. The summed E-state index contributed by atoms with van der Waals surface area (Å²) in [6.07, 6.45) is 3.63. The fourth-order valence-corrected chi connectivity index (χ4v) is 1.27. The van der Waals surface area contributed by atoms with Gasteiger partial charge in [-0.2, -0.15) is 0 Å². The number of aryl methyl sites for hydroxylation is 1.